The van der Waals surface area contributed by atoms with E-state index in [1.165, 1.54) is 186 Å². The zero-order valence-corrected chi connectivity index (χ0v) is 60.4. The van der Waals surface area contributed by atoms with Gasteiger partial charge in [0.2, 0.25) is 0 Å². The first-order valence-corrected chi connectivity index (χ1v) is 38.2. The third-order valence-corrected chi connectivity index (χ3v) is 16.5. The number of carboxylic acids is 1. The highest BCUT2D eigenvalue weighted by Gasteiger charge is 2.22. The zero-order valence-electron chi connectivity index (χ0n) is 60.4. The fourth-order valence-corrected chi connectivity index (χ4v) is 10.7. The van der Waals surface area contributed by atoms with Crippen molar-refractivity contribution in [1.29, 1.82) is 0 Å². The standard InChI is InChI=1S/C83H143NO8/c1-6-8-10-12-14-16-18-20-22-24-26-28-30-32-34-36-37-38-39-40-41-42-43-44-45-46-48-50-52-54-56-58-60-62-64-66-68-70-72-74-81(86)92-79(78-91-83(82(87)88)89-76-75-84(3,4)5)77-90-80(85)73-71-69-67-65-63-61-59-57-55-53-51-49-47-35-33-31-29-27-25-23-21-19-17-15-13-11-9-7-2/h8,10,14,16,20,22,26,28,32,34,37-38,40-41,43-44,46,48,52,54,79,83H,6-7,9,11-13,15,17-19,21,23-25,27,29-31,33,35-36,39,42,45,47,49-51,53,55-78H2,1-5H3/b10-8-,16-14-,22-20-,28-26-,34-32-,38-37-,41-40-,44-43-,48-46-,54-52-. The van der Waals surface area contributed by atoms with Crippen molar-refractivity contribution in [2.75, 3.05) is 47.5 Å². The molecule has 0 aliphatic rings. The lowest BCUT2D eigenvalue weighted by Crippen LogP contribution is -2.44. The van der Waals surface area contributed by atoms with Crippen LogP contribution in [0, 0.1) is 0 Å². The van der Waals surface area contributed by atoms with Crippen LogP contribution in [0.2, 0.25) is 0 Å². The second-order valence-corrected chi connectivity index (χ2v) is 26.6. The van der Waals surface area contributed by atoms with Gasteiger partial charge in [-0.1, -0.05) is 347 Å². The molecular weight excluding hydrogens is 1140 g/mol. The Morgan fingerprint density at radius 3 is 0.924 bits per heavy atom. The van der Waals surface area contributed by atoms with E-state index in [9.17, 15) is 19.5 Å². The highest BCUT2D eigenvalue weighted by atomic mass is 16.7. The van der Waals surface area contributed by atoms with Crippen molar-refractivity contribution in [2.24, 2.45) is 0 Å². The first-order valence-electron chi connectivity index (χ1n) is 38.2. The topological polar surface area (TPSA) is 111 Å². The van der Waals surface area contributed by atoms with Crippen molar-refractivity contribution < 1.29 is 42.9 Å². The number of allylic oxidation sites excluding steroid dienone is 20. The monoisotopic (exact) mass is 1280 g/mol. The fourth-order valence-electron chi connectivity index (χ4n) is 10.7. The minimum atomic E-state index is -1.63. The Kier molecular flexibility index (Phi) is 69.1. The fraction of sp³-hybridized carbons (Fsp3) is 0.723. The van der Waals surface area contributed by atoms with Gasteiger partial charge in [0.15, 0.2) is 12.4 Å². The first-order chi connectivity index (χ1) is 45.1. The molecular formula is C83H143NO8. The molecule has 0 aliphatic carbocycles. The van der Waals surface area contributed by atoms with Crippen LogP contribution in [-0.4, -0.2) is 82.3 Å². The van der Waals surface area contributed by atoms with E-state index in [-0.39, 0.29) is 38.6 Å². The number of hydrogen-bond donors (Lipinski definition) is 0. The Balaban J connectivity index is 4.12. The number of esters is 2. The van der Waals surface area contributed by atoms with Gasteiger partial charge in [-0.25, -0.2) is 0 Å². The molecule has 0 fully saturated rings. The van der Waals surface area contributed by atoms with Crippen LogP contribution in [0.1, 0.15) is 328 Å². The Hall–Kier alpha value is -4.31. The van der Waals surface area contributed by atoms with Crippen molar-refractivity contribution >= 4 is 17.9 Å². The van der Waals surface area contributed by atoms with E-state index in [0.29, 0.717) is 17.4 Å². The van der Waals surface area contributed by atoms with E-state index in [2.05, 4.69) is 135 Å². The summed E-state index contributed by atoms with van der Waals surface area (Å²) in [5.74, 6) is -2.29. The van der Waals surface area contributed by atoms with Gasteiger partial charge in [0.05, 0.1) is 40.3 Å². The Labute approximate surface area is 567 Å². The molecule has 92 heavy (non-hydrogen) atoms. The number of likely N-dealkylation sites (N-methyl/N-ethyl adjacent to an activating group) is 1. The number of quaternary nitrogens is 1. The van der Waals surface area contributed by atoms with Gasteiger partial charge in [0.25, 0.3) is 0 Å². The number of aliphatic carboxylic acids is 1. The van der Waals surface area contributed by atoms with Crippen LogP contribution in [0.25, 0.3) is 0 Å². The summed E-state index contributed by atoms with van der Waals surface area (Å²) < 4.78 is 22.8. The molecule has 2 atom stereocenters. The molecule has 528 valence electrons. The largest absolute Gasteiger partial charge is 0.545 e. The highest BCUT2D eigenvalue weighted by Crippen LogP contribution is 2.18. The summed E-state index contributed by atoms with van der Waals surface area (Å²) in [7, 11) is 5.93. The van der Waals surface area contributed by atoms with E-state index in [0.717, 1.165) is 109 Å². The predicted molar refractivity (Wildman–Crippen MR) is 393 cm³/mol. The number of carbonyl (C=O) groups excluding carboxylic acids is 3. The molecule has 0 aromatic heterocycles. The molecule has 0 amide bonds. The summed E-state index contributed by atoms with van der Waals surface area (Å²) >= 11 is 0. The van der Waals surface area contributed by atoms with Crippen LogP contribution in [0.15, 0.2) is 122 Å². The van der Waals surface area contributed by atoms with Crippen LogP contribution in [0.3, 0.4) is 0 Å². The lowest BCUT2D eigenvalue weighted by molar-refractivity contribution is -0.870. The molecule has 0 spiro atoms. The van der Waals surface area contributed by atoms with E-state index >= 15 is 0 Å². The number of ether oxygens (including phenoxy) is 4. The van der Waals surface area contributed by atoms with Gasteiger partial charge < -0.3 is 33.3 Å². The third-order valence-electron chi connectivity index (χ3n) is 16.5. The molecule has 9 heteroatoms. The number of hydrogen-bond acceptors (Lipinski definition) is 8. The number of rotatable bonds is 70. The van der Waals surface area contributed by atoms with E-state index in [1.807, 2.05) is 21.1 Å². The van der Waals surface area contributed by atoms with E-state index in [4.69, 9.17) is 18.9 Å². The van der Waals surface area contributed by atoms with E-state index in [1.54, 1.807) is 0 Å². The van der Waals surface area contributed by atoms with Gasteiger partial charge >= 0.3 is 11.9 Å². The maximum absolute atomic E-state index is 13.0. The number of carbonyl (C=O) groups is 3. The van der Waals surface area contributed by atoms with E-state index < -0.39 is 24.3 Å². The maximum atomic E-state index is 13.0. The minimum absolute atomic E-state index is 0.142. The molecule has 2 unspecified atom stereocenters. The maximum Gasteiger partial charge on any atom is 0.306 e. The van der Waals surface area contributed by atoms with Gasteiger partial charge in [0, 0.05) is 12.8 Å². The summed E-state index contributed by atoms with van der Waals surface area (Å²) in [5.41, 5.74) is 0. The van der Waals surface area contributed by atoms with Gasteiger partial charge in [-0.05, 0) is 89.9 Å². The van der Waals surface area contributed by atoms with Crippen molar-refractivity contribution in [3.05, 3.63) is 122 Å². The second kappa shape index (κ2) is 72.5. The van der Waals surface area contributed by atoms with Crippen LogP contribution in [0.4, 0.5) is 0 Å². The van der Waals surface area contributed by atoms with Gasteiger partial charge in [-0.15, -0.1) is 0 Å². The summed E-state index contributed by atoms with van der Waals surface area (Å²) in [6.07, 6.45) is 100. The Morgan fingerprint density at radius 2 is 0.620 bits per heavy atom. The molecule has 0 aromatic carbocycles. The Morgan fingerprint density at radius 1 is 0.337 bits per heavy atom. The van der Waals surface area contributed by atoms with Crippen molar-refractivity contribution in [1.82, 2.24) is 0 Å². The minimum Gasteiger partial charge on any atom is -0.545 e. The van der Waals surface area contributed by atoms with Gasteiger partial charge in [-0.3, -0.25) is 9.59 Å². The first kappa shape index (κ1) is 87.7. The molecule has 0 aromatic rings. The van der Waals surface area contributed by atoms with Gasteiger partial charge in [0.1, 0.15) is 13.2 Å². The SMILES string of the molecule is CC/C=C\C/C=C\C/C=C\C/C=C\C/C=C\C/C=C\C/C=C\C/C=C\C/C=C\C/C=C\CCCCCCCCCCC(=O)OC(COC(=O)CCCCCCCCCCCCCCCCCCCCCCCCCCCCCC)COC(OCC[N+](C)(C)C)C(=O)[O-]. The van der Waals surface area contributed by atoms with Crippen molar-refractivity contribution in [3.8, 4) is 0 Å². The van der Waals surface area contributed by atoms with Crippen LogP contribution < -0.4 is 5.11 Å². The summed E-state index contributed by atoms with van der Waals surface area (Å²) in [6, 6.07) is 0. The van der Waals surface area contributed by atoms with Crippen LogP contribution in [0.5, 0.6) is 0 Å². The molecule has 9 nitrogen and oxygen atoms in total. The summed E-state index contributed by atoms with van der Waals surface area (Å²) in [4.78, 5) is 37.6. The average Bonchev–Trinajstić information content (AvgIpc) is 3.75. The molecule has 0 aliphatic heterocycles. The third kappa shape index (κ3) is 73.1. The van der Waals surface area contributed by atoms with Gasteiger partial charge in [-0.2, -0.15) is 0 Å². The Bertz CT molecular complexity index is 1930. The number of carboxylic acid groups (broad SMARTS) is 1. The summed E-state index contributed by atoms with van der Waals surface area (Å²) in [6.45, 7) is 4.66. The molecule has 0 radical (unpaired) electrons. The predicted octanol–water partition coefficient (Wildman–Crippen LogP) is 23.0. The van der Waals surface area contributed by atoms with Crippen LogP contribution in [-0.2, 0) is 33.3 Å². The lowest BCUT2D eigenvalue weighted by Gasteiger charge is -2.26. The summed E-state index contributed by atoms with van der Waals surface area (Å²) in [5, 5.41) is 11.8. The second-order valence-electron chi connectivity index (χ2n) is 26.6. The van der Waals surface area contributed by atoms with Crippen LogP contribution >= 0.6 is 0 Å². The molecule has 0 N–H and O–H groups in total. The smallest absolute Gasteiger partial charge is 0.306 e. The average molecular weight is 1280 g/mol. The normalized spacial score (nSPS) is 13.4. The number of nitrogens with zero attached hydrogens (tertiary/aromatic N) is 1. The lowest BCUT2D eigenvalue weighted by atomic mass is 10.0. The van der Waals surface area contributed by atoms with Crippen molar-refractivity contribution in [2.45, 2.75) is 341 Å². The zero-order chi connectivity index (χ0) is 66.8. The quantitative estimate of drug-likeness (QED) is 0.0195. The molecule has 0 saturated heterocycles. The molecule has 0 saturated carbocycles. The highest BCUT2D eigenvalue weighted by molar-refractivity contribution is 5.70. The molecule has 0 heterocycles. The number of unbranched alkanes of at least 4 members (excludes halogenated alkanes) is 35. The molecule has 0 rings (SSSR count). The molecule has 0 bridgehead atoms. The van der Waals surface area contributed by atoms with Crippen molar-refractivity contribution in [3.63, 3.8) is 0 Å².